The van der Waals surface area contributed by atoms with Gasteiger partial charge >= 0.3 is 0 Å². The molecule has 7 heteroatoms. The number of halogens is 2. The number of nitrogens with two attached hydrogens (primary N) is 1. The van der Waals surface area contributed by atoms with Crippen LogP contribution in [0.5, 0.6) is 0 Å². The summed E-state index contributed by atoms with van der Waals surface area (Å²) in [4.78, 5) is -0.236. The van der Waals surface area contributed by atoms with Gasteiger partial charge in [-0.2, -0.15) is 0 Å². The molecule has 4 nitrogen and oxygen atoms in total. The maximum absolute atomic E-state index is 13.6. The molecule has 21 heavy (non-hydrogen) atoms. The summed E-state index contributed by atoms with van der Waals surface area (Å²) < 4.78 is 40.4. The minimum absolute atomic E-state index is 0.0808. The highest BCUT2D eigenvalue weighted by Crippen LogP contribution is 2.25. The minimum Gasteiger partial charge on any atom is -0.398 e. The van der Waals surface area contributed by atoms with E-state index in [1.54, 1.807) is 19.1 Å². The lowest BCUT2D eigenvalue weighted by atomic mass is 10.2. The Morgan fingerprint density at radius 3 is 2.43 bits per heavy atom. The molecule has 0 unspecified atom stereocenters. The molecule has 3 N–H and O–H groups in total. The van der Waals surface area contributed by atoms with Crippen LogP contribution in [0.3, 0.4) is 0 Å². The van der Waals surface area contributed by atoms with Gasteiger partial charge in [0.05, 0.1) is 10.6 Å². The van der Waals surface area contributed by atoms with Crippen LogP contribution in [0.4, 0.5) is 15.8 Å². The van der Waals surface area contributed by atoms with Gasteiger partial charge in [-0.3, -0.25) is 4.72 Å². The monoisotopic (exact) mass is 328 g/mol. The molecule has 0 bridgehead atoms. The average Bonchev–Trinajstić information content (AvgIpc) is 2.39. The first-order chi connectivity index (χ1) is 9.70. The van der Waals surface area contributed by atoms with Crippen LogP contribution in [-0.2, 0) is 10.0 Å². The Balaban J connectivity index is 2.40. The molecule has 2 rings (SSSR count). The number of anilines is 2. The summed E-state index contributed by atoms with van der Waals surface area (Å²) in [5, 5.41) is 0.435. The average molecular weight is 329 g/mol. The van der Waals surface area contributed by atoms with Crippen molar-refractivity contribution in [3.05, 3.63) is 52.3 Å². The highest BCUT2D eigenvalue weighted by atomic mass is 35.5. The summed E-state index contributed by atoms with van der Waals surface area (Å²) in [6.45, 7) is 3.28. The van der Waals surface area contributed by atoms with E-state index in [9.17, 15) is 12.8 Å². The van der Waals surface area contributed by atoms with E-state index < -0.39 is 15.8 Å². The fraction of sp³-hybridized carbons (Fsp3) is 0.143. The summed E-state index contributed by atoms with van der Waals surface area (Å²) in [7, 11) is -3.93. The summed E-state index contributed by atoms with van der Waals surface area (Å²) in [6.07, 6.45) is 0. The van der Waals surface area contributed by atoms with Crippen LogP contribution in [0.1, 0.15) is 11.1 Å². The zero-order valence-electron chi connectivity index (χ0n) is 11.4. The largest absolute Gasteiger partial charge is 0.398 e. The topological polar surface area (TPSA) is 72.2 Å². The van der Waals surface area contributed by atoms with Gasteiger partial charge in [0.15, 0.2) is 0 Å². The molecule has 0 heterocycles. The van der Waals surface area contributed by atoms with E-state index in [4.69, 9.17) is 17.3 Å². The minimum atomic E-state index is -3.93. The first-order valence-electron chi connectivity index (χ1n) is 6.05. The van der Waals surface area contributed by atoms with Gasteiger partial charge in [0.1, 0.15) is 5.82 Å². The summed E-state index contributed by atoms with van der Waals surface area (Å²) in [5.74, 6) is -0.669. The van der Waals surface area contributed by atoms with E-state index in [0.717, 1.165) is 11.6 Å². The van der Waals surface area contributed by atoms with Crippen LogP contribution in [0.2, 0.25) is 5.02 Å². The number of rotatable bonds is 3. The zero-order valence-corrected chi connectivity index (χ0v) is 13.0. The molecule has 112 valence electrons. The Morgan fingerprint density at radius 1 is 1.19 bits per heavy atom. The van der Waals surface area contributed by atoms with E-state index >= 15 is 0 Å². The molecule has 0 radical (unpaired) electrons. The third-order valence-corrected chi connectivity index (χ3v) is 4.86. The van der Waals surface area contributed by atoms with Gasteiger partial charge in [-0.15, -0.1) is 0 Å². The first-order valence-corrected chi connectivity index (χ1v) is 7.91. The van der Waals surface area contributed by atoms with Crippen molar-refractivity contribution in [1.82, 2.24) is 0 Å². The van der Waals surface area contributed by atoms with Crippen molar-refractivity contribution in [2.45, 2.75) is 18.7 Å². The number of hydrogen-bond acceptors (Lipinski definition) is 3. The predicted octanol–water partition coefficient (Wildman–Crippen LogP) is 3.48. The molecular weight excluding hydrogens is 315 g/mol. The van der Waals surface area contributed by atoms with E-state index in [1.807, 2.05) is 0 Å². The van der Waals surface area contributed by atoms with Gasteiger partial charge in [0.2, 0.25) is 0 Å². The number of hydrogen-bond donors (Lipinski definition) is 2. The van der Waals surface area contributed by atoms with Crippen LogP contribution < -0.4 is 10.5 Å². The molecule has 2 aromatic carbocycles. The Morgan fingerprint density at radius 2 is 1.86 bits per heavy atom. The first kappa shape index (κ1) is 15.6. The van der Waals surface area contributed by atoms with Crippen molar-refractivity contribution >= 4 is 33.0 Å². The summed E-state index contributed by atoms with van der Waals surface area (Å²) in [5.41, 5.74) is 7.02. The Labute approximate surface area is 127 Å². The Bertz CT molecular complexity index is 784. The van der Waals surface area contributed by atoms with Gasteiger partial charge in [-0.25, -0.2) is 12.8 Å². The van der Waals surface area contributed by atoms with Crippen LogP contribution in [0, 0.1) is 19.7 Å². The number of aryl methyl sites for hydroxylation is 1. The molecule has 0 saturated heterocycles. The highest BCUT2D eigenvalue weighted by Gasteiger charge is 2.18. The van der Waals surface area contributed by atoms with Crippen LogP contribution in [0.15, 0.2) is 35.2 Å². The summed E-state index contributed by atoms with van der Waals surface area (Å²) in [6, 6.07) is 6.90. The Kier molecular flexibility index (Phi) is 4.11. The molecule has 2 aromatic rings. The predicted molar refractivity (Wildman–Crippen MR) is 82.5 cm³/mol. The summed E-state index contributed by atoms with van der Waals surface area (Å²) >= 11 is 5.95. The molecule has 0 amide bonds. The van der Waals surface area contributed by atoms with Gasteiger partial charge in [0, 0.05) is 16.3 Å². The molecule has 0 aliphatic heterocycles. The lowest BCUT2D eigenvalue weighted by Crippen LogP contribution is -2.14. The third-order valence-electron chi connectivity index (χ3n) is 3.09. The smallest absolute Gasteiger partial charge is 0.262 e. The van der Waals surface area contributed by atoms with Crippen LogP contribution in [0.25, 0.3) is 0 Å². The maximum Gasteiger partial charge on any atom is 0.262 e. The number of benzene rings is 2. The zero-order chi connectivity index (χ0) is 15.8. The van der Waals surface area contributed by atoms with E-state index in [-0.39, 0.29) is 16.1 Å². The fourth-order valence-corrected chi connectivity index (χ4v) is 2.98. The number of nitrogens with one attached hydrogen (secondary N) is 1. The molecule has 0 aliphatic carbocycles. The molecule has 0 fully saturated rings. The quantitative estimate of drug-likeness (QED) is 0.847. The molecule has 0 atom stereocenters. The van der Waals surface area contributed by atoms with Crippen molar-refractivity contribution in [2.24, 2.45) is 0 Å². The fourth-order valence-electron chi connectivity index (χ4n) is 1.70. The highest BCUT2D eigenvalue weighted by molar-refractivity contribution is 7.92. The van der Waals surface area contributed by atoms with Gasteiger partial charge in [0.25, 0.3) is 10.0 Å². The normalized spacial score (nSPS) is 11.4. The van der Waals surface area contributed by atoms with Crippen molar-refractivity contribution in [2.75, 3.05) is 10.5 Å². The molecule has 0 aliphatic rings. The van der Waals surface area contributed by atoms with Gasteiger partial charge < -0.3 is 5.73 Å². The standard InChI is InChI=1S/C14H14ClFN2O2S/c1-8-3-4-10(5-12(8)15)18-21(19,20)11-6-13(16)9(2)14(17)7-11/h3-7,18H,17H2,1-2H3. The second-order valence-corrected chi connectivity index (χ2v) is 6.78. The second-order valence-electron chi connectivity index (χ2n) is 4.69. The van der Waals surface area contributed by atoms with Crippen LogP contribution in [-0.4, -0.2) is 8.42 Å². The molecule has 0 spiro atoms. The molecular formula is C14H14ClFN2O2S. The van der Waals surface area contributed by atoms with Crippen LogP contribution >= 0.6 is 11.6 Å². The van der Waals surface area contributed by atoms with Crippen molar-refractivity contribution in [3.63, 3.8) is 0 Å². The van der Waals surface area contributed by atoms with E-state index in [2.05, 4.69) is 4.72 Å². The number of sulfonamides is 1. The molecule has 0 saturated carbocycles. The lowest BCUT2D eigenvalue weighted by Gasteiger charge is -2.11. The lowest BCUT2D eigenvalue weighted by molar-refractivity contribution is 0.593. The van der Waals surface area contributed by atoms with Gasteiger partial charge in [-0.1, -0.05) is 17.7 Å². The molecule has 0 aromatic heterocycles. The SMILES string of the molecule is Cc1ccc(NS(=O)(=O)c2cc(N)c(C)c(F)c2)cc1Cl. The van der Waals surface area contributed by atoms with E-state index in [0.29, 0.717) is 10.7 Å². The number of nitrogen functional groups attached to an aromatic ring is 1. The van der Waals surface area contributed by atoms with Gasteiger partial charge in [-0.05, 0) is 43.7 Å². The van der Waals surface area contributed by atoms with E-state index in [1.165, 1.54) is 19.1 Å². The second kappa shape index (κ2) is 5.54. The Hall–Kier alpha value is -1.79. The van der Waals surface area contributed by atoms with Crippen molar-refractivity contribution in [3.8, 4) is 0 Å². The van der Waals surface area contributed by atoms with Crippen molar-refractivity contribution in [1.29, 1.82) is 0 Å². The van der Waals surface area contributed by atoms with Crippen molar-refractivity contribution < 1.29 is 12.8 Å². The third kappa shape index (κ3) is 3.28. The maximum atomic E-state index is 13.6.